The maximum atomic E-state index is 13.7. The van der Waals surface area contributed by atoms with Crippen LogP contribution in [0, 0.1) is 11.6 Å². The SMILES string of the molecule is O=C(c1ccc(F)cc1F)N1CCC(Oc2ccncn2)CC1. The standard InChI is InChI=1S/C16H15F2N3O2/c17-11-1-2-13(14(18)9-11)16(22)21-7-4-12(5-8-21)23-15-3-6-19-10-20-15/h1-3,6,9-10,12H,4-5,7-8H2. The average molecular weight is 319 g/mol. The van der Waals surface area contributed by atoms with Crippen molar-refractivity contribution in [3.8, 4) is 5.88 Å². The Morgan fingerprint density at radius 2 is 2.00 bits per heavy atom. The zero-order valence-corrected chi connectivity index (χ0v) is 12.3. The molecule has 7 heteroatoms. The molecule has 1 aromatic heterocycles. The van der Waals surface area contributed by atoms with Gasteiger partial charge in [0.15, 0.2) is 0 Å². The Hall–Kier alpha value is -2.57. The van der Waals surface area contributed by atoms with E-state index >= 15 is 0 Å². The lowest BCUT2D eigenvalue weighted by molar-refractivity contribution is 0.0583. The fourth-order valence-corrected chi connectivity index (χ4v) is 2.53. The Labute approximate surface area is 131 Å². The van der Waals surface area contributed by atoms with Crippen molar-refractivity contribution in [3.05, 3.63) is 54.0 Å². The van der Waals surface area contributed by atoms with E-state index in [0.717, 1.165) is 12.1 Å². The summed E-state index contributed by atoms with van der Waals surface area (Å²) < 4.78 is 32.3. The quantitative estimate of drug-likeness (QED) is 0.872. The van der Waals surface area contributed by atoms with Crippen LogP contribution >= 0.6 is 0 Å². The monoisotopic (exact) mass is 319 g/mol. The van der Waals surface area contributed by atoms with E-state index in [9.17, 15) is 13.6 Å². The number of halogens is 2. The first-order chi connectivity index (χ1) is 11.1. The highest BCUT2D eigenvalue weighted by Gasteiger charge is 2.26. The van der Waals surface area contributed by atoms with Gasteiger partial charge in [0.25, 0.3) is 5.91 Å². The van der Waals surface area contributed by atoms with Crippen LogP contribution in [-0.2, 0) is 0 Å². The molecule has 1 saturated heterocycles. The Kier molecular flexibility index (Phi) is 4.45. The minimum atomic E-state index is -0.839. The summed E-state index contributed by atoms with van der Waals surface area (Å²) in [4.78, 5) is 21.7. The van der Waals surface area contributed by atoms with E-state index in [4.69, 9.17) is 4.74 Å². The molecule has 120 valence electrons. The molecule has 1 amide bonds. The molecule has 2 heterocycles. The highest BCUT2D eigenvalue weighted by molar-refractivity contribution is 5.94. The number of piperidine rings is 1. The van der Waals surface area contributed by atoms with Crippen molar-refractivity contribution < 1.29 is 18.3 Å². The minimum absolute atomic E-state index is 0.0491. The van der Waals surface area contributed by atoms with Gasteiger partial charge in [0.05, 0.1) is 5.56 Å². The van der Waals surface area contributed by atoms with Crippen LogP contribution in [0.25, 0.3) is 0 Å². The number of hydrogen-bond acceptors (Lipinski definition) is 4. The van der Waals surface area contributed by atoms with Gasteiger partial charge >= 0.3 is 0 Å². The van der Waals surface area contributed by atoms with Gasteiger partial charge in [0, 0.05) is 44.3 Å². The molecule has 2 aromatic rings. The van der Waals surface area contributed by atoms with Gasteiger partial charge in [-0.2, -0.15) is 0 Å². The minimum Gasteiger partial charge on any atom is -0.474 e. The third-order valence-electron chi connectivity index (χ3n) is 3.73. The van der Waals surface area contributed by atoms with Crippen molar-refractivity contribution in [2.45, 2.75) is 18.9 Å². The summed E-state index contributed by atoms with van der Waals surface area (Å²) in [5.41, 5.74) is -0.110. The largest absolute Gasteiger partial charge is 0.474 e. The number of carbonyl (C=O) groups excluding carboxylic acids is 1. The van der Waals surface area contributed by atoms with Gasteiger partial charge in [-0.15, -0.1) is 0 Å². The molecule has 23 heavy (non-hydrogen) atoms. The predicted molar refractivity (Wildman–Crippen MR) is 77.9 cm³/mol. The van der Waals surface area contributed by atoms with E-state index in [0.29, 0.717) is 31.8 Å². The molecular weight excluding hydrogens is 304 g/mol. The summed E-state index contributed by atoms with van der Waals surface area (Å²) in [7, 11) is 0. The van der Waals surface area contributed by atoms with Crippen LogP contribution in [0.1, 0.15) is 23.2 Å². The number of rotatable bonds is 3. The molecule has 0 saturated carbocycles. The van der Waals surface area contributed by atoms with Crippen LogP contribution < -0.4 is 4.74 Å². The zero-order valence-electron chi connectivity index (χ0n) is 12.3. The number of carbonyl (C=O) groups is 1. The van der Waals surface area contributed by atoms with Crippen molar-refractivity contribution in [1.29, 1.82) is 0 Å². The van der Waals surface area contributed by atoms with Gasteiger partial charge in [-0.25, -0.2) is 18.7 Å². The van der Waals surface area contributed by atoms with Gasteiger partial charge in [0.2, 0.25) is 5.88 Å². The fourth-order valence-electron chi connectivity index (χ4n) is 2.53. The number of aromatic nitrogens is 2. The van der Waals surface area contributed by atoms with E-state index in [2.05, 4.69) is 9.97 Å². The number of ether oxygens (including phenoxy) is 1. The van der Waals surface area contributed by atoms with Crippen molar-refractivity contribution in [3.63, 3.8) is 0 Å². The third-order valence-corrected chi connectivity index (χ3v) is 3.73. The summed E-state index contributed by atoms with van der Waals surface area (Å²) in [5.74, 6) is -1.47. The average Bonchev–Trinajstić information content (AvgIpc) is 2.56. The number of amides is 1. The van der Waals surface area contributed by atoms with Gasteiger partial charge < -0.3 is 9.64 Å². The molecule has 0 atom stereocenters. The van der Waals surface area contributed by atoms with E-state index < -0.39 is 17.5 Å². The number of likely N-dealkylation sites (tertiary alicyclic amines) is 1. The Balaban J connectivity index is 1.59. The lowest BCUT2D eigenvalue weighted by atomic mass is 10.1. The highest BCUT2D eigenvalue weighted by atomic mass is 19.1. The van der Waals surface area contributed by atoms with E-state index in [-0.39, 0.29) is 11.7 Å². The first-order valence-corrected chi connectivity index (χ1v) is 7.30. The molecule has 0 spiro atoms. The maximum Gasteiger partial charge on any atom is 0.256 e. The summed E-state index contributed by atoms with van der Waals surface area (Å²) in [6.45, 7) is 0.900. The molecule has 0 radical (unpaired) electrons. The van der Waals surface area contributed by atoms with Crippen molar-refractivity contribution in [2.24, 2.45) is 0 Å². The second-order valence-corrected chi connectivity index (χ2v) is 5.28. The lowest BCUT2D eigenvalue weighted by Gasteiger charge is -2.32. The lowest BCUT2D eigenvalue weighted by Crippen LogP contribution is -2.42. The highest BCUT2D eigenvalue weighted by Crippen LogP contribution is 2.19. The second-order valence-electron chi connectivity index (χ2n) is 5.28. The van der Waals surface area contributed by atoms with Crippen molar-refractivity contribution in [1.82, 2.24) is 14.9 Å². The molecule has 0 bridgehead atoms. The van der Waals surface area contributed by atoms with Gasteiger partial charge in [-0.05, 0) is 12.1 Å². The molecular formula is C16H15F2N3O2. The Morgan fingerprint density at radius 3 is 2.65 bits per heavy atom. The van der Waals surface area contributed by atoms with Crippen molar-refractivity contribution in [2.75, 3.05) is 13.1 Å². The van der Waals surface area contributed by atoms with Gasteiger partial charge in [-0.1, -0.05) is 0 Å². The summed E-state index contributed by atoms with van der Waals surface area (Å²) in [5, 5.41) is 0. The van der Waals surface area contributed by atoms with Crippen LogP contribution in [0.2, 0.25) is 0 Å². The number of nitrogens with zero attached hydrogens (tertiary/aromatic N) is 3. The van der Waals surface area contributed by atoms with Crippen LogP contribution in [0.3, 0.4) is 0 Å². The van der Waals surface area contributed by atoms with Gasteiger partial charge in [-0.3, -0.25) is 4.79 Å². The molecule has 1 aromatic carbocycles. The Morgan fingerprint density at radius 1 is 1.22 bits per heavy atom. The smallest absolute Gasteiger partial charge is 0.256 e. The normalized spacial score (nSPS) is 15.5. The van der Waals surface area contributed by atoms with Crippen LogP contribution in [0.15, 0.2) is 36.8 Å². The molecule has 1 aliphatic heterocycles. The molecule has 3 rings (SSSR count). The van der Waals surface area contributed by atoms with E-state index in [1.807, 2.05) is 0 Å². The fraction of sp³-hybridized carbons (Fsp3) is 0.312. The Bertz CT molecular complexity index is 689. The maximum absolute atomic E-state index is 13.7. The van der Waals surface area contributed by atoms with E-state index in [1.165, 1.54) is 12.4 Å². The molecule has 0 unspecified atom stereocenters. The van der Waals surface area contributed by atoms with Crippen LogP contribution in [0.5, 0.6) is 5.88 Å². The predicted octanol–water partition coefficient (Wildman–Crippen LogP) is 2.44. The zero-order chi connectivity index (χ0) is 16.2. The summed E-state index contributed by atoms with van der Waals surface area (Å²) in [6.07, 6.45) is 4.20. The van der Waals surface area contributed by atoms with Crippen LogP contribution in [-0.4, -0.2) is 40.0 Å². The molecule has 1 fully saturated rings. The first kappa shape index (κ1) is 15.3. The first-order valence-electron chi connectivity index (χ1n) is 7.30. The summed E-state index contributed by atoms with van der Waals surface area (Å²) in [6, 6.07) is 4.65. The van der Waals surface area contributed by atoms with Crippen molar-refractivity contribution >= 4 is 5.91 Å². The number of hydrogen-bond donors (Lipinski definition) is 0. The molecule has 0 N–H and O–H groups in total. The third kappa shape index (κ3) is 3.61. The van der Waals surface area contributed by atoms with E-state index in [1.54, 1.807) is 17.2 Å². The van der Waals surface area contributed by atoms with Crippen LogP contribution in [0.4, 0.5) is 8.78 Å². The summed E-state index contributed by atoms with van der Waals surface area (Å²) >= 11 is 0. The number of benzene rings is 1. The second kappa shape index (κ2) is 6.68. The molecule has 1 aliphatic rings. The van der Waals surface area contributed by atoms with Gasteiger partial charge in [0.1, 0.15) is 24.1 Å². The molecule has 5 nitrogen and oxygen atoms in total. The topological polar surface area (TPSA) is 55.3 Å². The molecule has 0 aliphatic carbocycles.